The molecule has 0 saturated carbocycles. The highest BCUT2D eigenvalue weighted by Crippen LogP contribution is 2.54. The van der Waals surface area contributed by atoms with Crippen LogP contribution in [0.5, 0.6) is 0 Å². The van der Waals surface area contributed by atoms with Crippen LogP contribution in [0, 0.1) is 0 Å². The second kappa shape index (κ2) is 8.30. The molecule has 192 valence electrons. The van der Waals surface area contributed by atoms with Crippen LogP contribution < -0.4 is 15.9 Å². The van der Waals surface area contributed by atoms with Crippen molar-refractivity contribution in [2.45, 2.75) is 0 Å². The molecular weight excluding hydrogens is 517 g/mol. The van der Waals surface area contributed by atoms with Crippen molar-refractivity contribution in [1.82, 2.24) is 4.57 Å². The number of hydrogen-bond acceptors (Lipinski definition) is 1. The average molecular weight is 542 g/mol. The maximum Gasteiger partial charge on any atom is 0.172 e. The van der Waals surface area contributed by atoms with Crippen LogP contribution in [0.25, 0.3) is 60.2 Å². The van der Waals surface area contributed by atoms with E-state index in [1.807, 2.05) is 36.4 Å². The largest absolute Gasteiger partial charge is 0.309 e. The summed E-state index contributed by atoms with van der Waals surface area (Å²) in [4.78, 5) is 0. The maximum absolute atomic E-state index is 15.3. The molecular formula is C38H24NOP. The monoisotopic (exact) mass is 541 g/mol. The number of hydrogen-bond donors (Lipinski definition) is 0. The number of nitrogens with zero attached hydrogens (tertiary/aromatic N) is 1. The summed E-state index contributed by atoms with van der Waals surface area (Å²) in [7, 11) is -3.04. The molecule has 0 saturated heterocycles. The lowest BCUT2D eigenvalue weighted by Crippen LogP contribution is -2.20. The predicted molar refractivity (Wildman–Crippen MR) is 174 cm³/mol. The first-order valence-corrected chi connectivity index (χ1v) is 15.7. The van der Waals surface area contributed by atoms with Crippen LogP contribution in [0.4, 0.5) is 0 Å². The van der Waals surface area contributed by atoms with Gasteiger partial charge < -0.3 is 9.13 Å². The van der Waals surface area contributed by atoms with Crippen LogP contribution in [0.3, 0.4) is 0 Å². The van der Waals surface area contributed by atoms with Gasteiger partial charge in [0.2, 0.25) is 0 Å². The van der Waals surface area contributed by atoms with E-state index in [1.165, 1.54) is 32.3 Å². The zero-order valence-electron chi connectivity index (χ0n) is 22.2. The minimum Gasteiger partial charge on any atom is -0.309 e. The van der Waals surface area contributed by atoms with Crippen molar-refractivity contribution in [3.05, 3.63) is 146 Å². The summed E-state index contributed by atoms with van der Waals surface area (Å²) in [6, 6.07) is 51.0. The van der Waals surface area contributed by atoms with E-state index >= 15 is 4.57 Å². The van der Waals surface area contributed by atoms with E-state index in [2.05, 4.69) is 114 Å². The standard InChI is InChI=1S/C38H24NOP/c40-41(30-12-2-1-3-13-30)35-17-9-7-15-33(35)37-36(41)21-20-32-31-14-6-8-16-34(31)39(38(32)37)29-19-18-27-22-25-10-4-5-11-26(25)23-28(27)24-29/h1-24H. The van der Waals surface area contributed by atoms with Crippen LogP contribution in [0.2, 0.25) is 0 Å². The second-order valence-electron chi connectivity index (χ2n) is 10.9. The van der Waals surface area contributed by atoms with Gasteiger partial charge in [-0.05, 0) is 63.5 Å². The normalized spacial score (nSPS) is 16.0. The Bertz CT molecular complexity index is 2400. The Hall–Kier alpha value is -4.91. The molecule has 2 heterocycles. The Kier molecular flexibility index (Phi) is 4.63. The molecule has 0 aliphatic carbocycles. The lowest BCUT2D eigenvalue weighted by Gasteiger charge is -2.16. The average Bonchev–Trinajstić information content (AvgIpc) is 3.51. The molecule has 3 heteroatoms. The molecule has 0 radical (unpaired) electrons. The highest BCUT2D eigenvalue weighted by atomic mass is 31.2. The summed E-state index contributed by atoms with van der Waals surface area (Å²) in [6.07, 6.45) is 0. The zero-order chi connectivity index (χ0) is 27.1. The Morgan fingerprint density at radius 3 is 2.02 bits per heavy atom. The maximum atomic E-state index is 15.3. The molecule has 0 spiro atoms. The Labute approximate surface area is 237 Å². The summed E-state index contributed by atoms with van der Waals surface area (Å²) < 4.78 is 17.6. The van der Waals surface area contributed by atoms with Crippen LogP contribution >= 0.6 is 7.14 Å². The number of para-hydroxylation sites is 1. The summed E-state index contributed by atoms with van der Waals surface area (Å²) >= 11 is 0. The zero-order valence-corrected chi connectivity index (χ0v) is 23.1. The Morgan fingerprint density at radius 2 is 1.17 bits per heavy atom. The van der Waals surface area contributed by atoms with E-state index in [9.17, 15) is 0 Å². The van der Waals surface area contributed by atoms with Gasteiger partial charge in [-0.1, -0.05) is 109 Å². The van der Waals surface area contributed by atoms with Gasteiger partial charge in [0.1, 0.15) is 0 Å². The number of aromatic nitrogens is 1. The Morgan fingerprint density at radius 1 is 0.488 bits per heavy atom. The molecule has 8 aromatic rings. The first-order valence-electron chi connectivity index (χ1n) is 14.0. The third kappa shape index (κ3) is 3.06. The van der Waals surface area contributed by atoms with Crippen molar-refractivity contribution in [3.8, 4) is 16.8 Å². The minimum atomic E-state index is -3.04. The molecule has 0 amide bonds. The SMILES string of the molecule is O=P1(c2ccccc2)c2ccccc2-c2c1ccc1c3ccccc3n(-c3ccc4cc5ccccc5cc4c3)c21. The fraction of sp³-hybridized carbons (Fsp3) is 0. The first kappa shape index (κ1) is 22.9. The van der Waals surface area contributed by atoms with Crippen molar-refractivity contribution < 1.29 is 4.57 Å². The highest BCUT2D eigenvalue weighted by Gasteiger charge is 2.41. The summed E-state index contributed by atoms with van der Waals surface area (Å²) in [5.41, 5.74) is 5.52. The molecule has 41 heavy (non-hydrogen) atoms. The van der Waals surface area contributed by atoms with Gasteiger partial charge in [0.15, 0.2) is 7.14 Å². The van der Waals surface area contributed by atoms with Crippen molar-refractivity contribution >= 4 is 66.4 Å². The lowest BCUT2D eigenvalue weighted by atomic mass is 10.0. The summed E-state index contributed by atoms with van der Waals surface area (Å²) in [5, 5.41) is 10.0. The van der Waals surface area contributed by atoms with E-state index in [4.69, 9.17) is 0 Å². The van der Waals surface area contributed by atoms with Gasteiger partial charge in [0.05, 0.1) is 11.0 Å². The van der Waals surface area contributed by atoms with Gasteiger partial charge in [-0.25, -0.2) is 0 Å². The number of rotatable bonds is 2. The third-order valence-corrected chi connectivity index (χ3v) is 11.9. The molecule has 1 atom stereocenters. The van der Waals surface area contributed by atoms with Gasteiger partial charge in [-0.3, -0.25) is 0 Å². The molecule has 1 unspecified atom stereocenters. The van der Waals surface area contributed by atoms with Crippen LogP contribution in [-0.2, 0) is 4.57 Å². The van der Waals surface area contributed by atoms with E-state index in [1.54, 1.807) is 0 Å². The molecule has 7 aromatic carbocycles. The first-order chi connectivity index (χ1) is 20.2. The molecule has 1 aliphatic heterocycles. The topological polar surface area (TPSA) is 22.0 Å². The van der Waals surface area contributed by atoms with Gasteiger partial charge in [0, 0.05) is 37.9 Å². The highest BCUT2D eigenvalue weighted by molar-refractivity contribution is 7.86. The molecule has 9 rings (SSSR count). The fourth-order valence-electron chi connectivity index (χ4n) is 6.92. The van der Waals surface area contributed by atoms with Crippen molar-refractivity contribution in [3.63, 3.8) is 0 Å². The molecule has 0 fully saturated rings. The van der Waals surface area contributed by atoms with E-state index in [-0.39, 0.29) is 0 Å². The van der Waals surface area contributed by atoms with Crippen molar-refractivity contribution in [1.29, 1.82) is 0 Å². The van der Waals surface area contributed by atoms with Crippen molar-refractivity contribution in [2.24, 2.45) is 0 Å². The molecule has 0 N–H and O–H groups in total. The van der Waals surface area contributed by atoms with Crippen LogP contribution in [0.15, 0.2) is 146 Å². The number of fused-ring (bicyclic) bond motifs is 9. The van der Waals surface area contributed by atoms with E-state index in [0.29, 0.717) is 0 Å². The fourth-order valence-corrected chi connectivity index (χ4v) is 9.97. The van der Waals surface area contributed by atoms with Gasteiger partial charge in [-0.15, -0.1) is 0 Å². The minimum absolute atomic E-state index is 0.880. The van der Waals surface area contributed by atoms with Gasteiger partial charge in [0.25, 0.3) is 0 Å². The summed E-state index contributed by atoms with van der Waals surface area (Å²) in [6.45, 7) is 0. The van der Waals surface area contributed by atoms with E-state index < -0.39 is 7.14 Å². The van der Waals surface area contributed by atoms with Gasteiger partial charge >= 0.3 is 0 Å². The van der Waals surface area contributed by atoms with Crippen LogP contribution in [-0.4, -0.2) is 4.57 Å². The quantitative estimate of drug-likeness (QED) is 0.158. The van der Waals surface area contributed by atoms with E-state index in [0.717, 1.165) is 43.8 Å². The predicted octanol–water partition coefficient (Wildman–Crippen LogP) is 8.71. The Balaban J connectivity index is 1.42. The lowest BCUT2D eigenvalue weighted by molar-refractivity contribution is 0.593. The summed E-state index contributed by atoms with van der Waals surface area (Å²) in [5.74, 6) is 0. The smallest absolute Gasteiger partial charge is 0.172 e. The van der Waals surface area contributed by atoms with Gasteiger partial charge in [-0.2, -0.15) is 0 Å². The second-order valence-corrected chi connectivity index (χ2v) is 13.6. The molecule has 1 aliphatic rings. The van der Waals surface area contributed by atoms with Crippen LogP contribution in [0.1, 0.15) is 0 Å². The van der Waals surface area contributed by atoms with Crippen molar-refractivity contribution in [2.75, 3.05) is 0 Å². The molecule has 0 bridgehead atoms. The molecule has 1 aromatic heterocycles. The third-order valence-electron chi connectivity index (χ3n) is 8.73. The number of benzene rings is 7. The molecule has 2 nitrogen and oxygen atoms in total.